The van der Waals surface area contributed by atoms with Gasteiger partial charge in [-0.25, -0.2) is 4.98 Å². The third-order valence-electron chi connectivity index (χ3n) is 4.65. The number of pyridine rings is 1. The summed E-state index contributed by atoms with van der Waals surface area (Å²) in [6.07, 6.45) is 0. The Morgan fingerprint density at radius 2 is 1.36 bits per heavy atom. The minimum absolute atomic E-state index is 0.566. The van der Waals surface area contributed by atoms with E-state index in [1.807, 2.05) is 91.0 Å². The largest absolute Gasteiger partial charge is 0.497 e. The van der Waals surface area contributed by atoms with Crippen molar-refractivity contribution in [2.75, 3.05) is 7.11 Å². The van der Waals surface area contributed by atoms with Gasteiger partial charge in [0.25, 0.3) is 0 Å². The van der Waals surface area contributed by atoms with Crippen molar-refractivity contribution in [3.63, 3.8) is 0 Å². The molecular weight excluding hydrogens is 344 g/mol. The topological polar surface area (TPSA) is 45.9 Å². The number of ether oxygens (including phenoxy) is 1. The predicted octanol–water partition coefficient (Wildman–Crippen LogP) is 5.96. The molecule has 0 fully saturated rings. The molecule has 0 spiro atoms. The first kappa shape index (κ1) is 17.5. The van der Waals surface area contributed by atoms with E-state index < -0.39 is 0 Å². The molecule has 4 rings (SSSR count). The van der Waals surface area contributed by atoms with Gasteiger partial charge in [-0.05, 0) is 23.8 Å². The molecule has 3 nitrogen and oxygen atoms in total. The molecule has 0 amide bonds. The van der Waals surface area contributed by atoms with Gasteiger partial charge in [0.2, 0.25) is 0 Å². The lowest BCUT2D eigenvalue weighted by Crippen LogP contribution is -1.97. The van der Waals surface area contributed by atoms with E-state index in [1.54, 1.807) is 7.11 Å². The lowest BCUT2D eigenvalue weighted by Gasteiger charge is -2.13. The maximum atomic E-state index is 9.97. The van der Waals surface area contributed by atoms with Crippen LogP contribution in [0.3, 0.4) is 0 Å². The fourth-order valence-electron chi connectivity index (χ4n) is 3.22. The molecule has 0 aliphatic heterocycles. The van der Waals surface area contributed by atoms with Gasteiger partial charge in [-0.3, -0.25) is 0 Å². The molecule has 0 N–H and O–H groups in total. The van der Waals surface area contributed by atoms with Crippen LogP contribution in [0.15, 0.2) is 91.0 Å². The number of benzene rings is 3. The van der Waals surface area contributed by atoms with Crippen molar-refractivity contribution in [1.82, 2.24) is 4.98 Å². The van der Waals surface area contributed by atoms with Gasteiger partial charge >= 0.3 is 0 Å². The van der Waals surface area contributed by atoms with Gasteiger partial charge in [0.1, 0.15) is 11.8 Å². The Labute approximate surface area is 164 Å². The molecule has 3 heteroatoms. The summed E-state index contributed by atoms with van der Waals surface area (Å²) in [7, 11) is 1.64. The van der Waals surface area contributed by atoms with Crippen molar-refractivity contribution in [3.05, 3.63) is 96.6 Å². The molecule has 0 aliphatic carbocycles. The molecule has 0 radical (unpaired) electrons. The highest BCUT2D eigenvalue weighted by Crippen LogP contribution is 2.35. The number of nitriles is 1. The number of hydrogen-bond donors (Lipinski definition) is 0. The van der Waals surface area contributed by atoms with E-state index in [1.165, 1.54) is 0 Å². The van der Waals surface area contributed by atoms with Crippen LogP contribution in [-0.4, -0.2) is 12.1 Å². The van der Waals surface area contributed by atoms with Crippen molar-refractivity contribution in [3.8, 4) is 45.5 Å². The zero-order chi connectivity index (χ0) is 19.3. The maximum absolute atomic E-state index is 9.97. The Morgan fingerprint density at radius 1 is 0.750 bits per heavy atom. The minimum atomic E-state index is 0.566. The van der Waals surface area contributed by atoms with E-state index >= 15 is 0 Å². The summed E-state index contributed by atoms with van der Waals surface area (Å²) in [6, 6.07) is 32.0. The Hall–Kier alpha value is -3.90. The second kappa shape index (κ2) is 7.77. The lowest BCUT2D eigenvalue weighted by molar-refractivity contribution is 0.415. The summed E-state index contributed by atoms with van der Waals surface area (Å²) in [5.41, 5.74) is 5.84. The van der Waals surface area contributed by atoms with Crippen LogP contribution in [0.1, 0.15) is 5.56 Å². The van der Waals surface area contributed by atoms with Crippen molar-refractivity contribution >= 4 is 0 Å². The molecule has 28 heavy (non-hydrogen) atoms. The Morgan fingerprint density at radius 3 is 1.93 bits per heavy atom. The van der Waals surface area contributed by atoms with Gasteiger partial charge in [0, 0.05) is 16.7 Å². The summed E-state index contributed by atoms with van der Waals surface area (Å²) in [5, 5.41) is 9.97. The van der Waals surface area contributed by atoms with E-state index in [9.17, 15) is 5.26 Å². The molecule has 3 aromatic carbocycles. The fraction of sp³-hybridized carbons (Fsp3) is 0.0400. The van der Waals surface area contributed by atoms with Gasteiger partial charge in [-0.2, -0.15) is 5.26 Å². The molecule has 0 atom stereocenters. The van der Waals surface area contributed by atoms with E-state index in [0.717, 1.165) is 33.7 Å². The highest BCUT2D eigenvalue weighted by molar-refractivity contribution is 5.83. The van der Waals surface area contributed by atoms with Gasteiger partial charge in [-0.15, -0.1) is 0 Å². The van der Waals surface area contributed by atoms with Crippen LogP contribution in [0.25, 0.3) is 33.6 Å². The van der Waals surface area contributed by atoms with E-state index in [-0.39, 0.29) is 0 Å². The molecule has 1 aromatic heterocycles. The maximum Gasteiger partial charge on any atom is 0.118 e. The zero-order valence-electron chi connectivity index (χ0n) is 15.5. The smallest absolute Gasteiger partial charge is 0.118 e. The van der Waals surface area contributed by atoms with Gasteiger partial charge in [0.15, 0.2) is 0 Å². The van der Waals surface area contributed by atoms with Crippen molar-refractivity contribution < 1.29 is 4.74 Å². The standard InChI is InChI=1S/C25H18N2O/c1-28-21-14-12-18(13-15-21)22-16-24(19-8-4-2-5-9-19)27-25(23(22)17-26)20-10-6-3-7-11-20/h2-16H,1H3. The van der Waals surface area contributed by atoms with Crippen LogP contribution in [0.2, 0.25) is 0 Å². The van der Waals surface area contributed by atoms with E-state index in [0.29, 0.717) is 11.3 Å². The number of methoxy groups -OCH3 is 1. The van der Waals surface area contributed by atoms with Gasteiger partial charge in [0.05, 0.1) is 24.1 Å². The van der Waals surface area contributed by atoms with E-state index in [2.05, 4.69) is 6.07 Å². The lowest BCUT2D eigenvalue weighted by atomic mass is 9.94. The molecule has 134 valence electrons. The third-order valence-corrected chi connectivity index (χ3v) is 4.65. The minimum Gasteiger partial charge on any atom is -0.497 e. The molecule has 4 aromatic rings. The summed E-state index contributed by atoms with van der Waals surface area (Å²) >= 11 is 0. The van der Waals surface area contributed by atoms with Crippen molar-refractivity contribution in [1.29, 1.82) is 5.26 Å². The second-order valence-electron chi connectivity index (χ2n) is 6.35. The highest BCUT2D eigenvalue weighted by atomic mass is 16.5. The van der Waals surface area contributed by atoms with Crippen LogP contribution in [0.4, 0.5) is 0 Å². The molecule has 0 saturated heterocycles. The third kappa shape index (κ3) is 3.36. The summed E-state index contributed by atoms with van der Waals surface area (Å²) in [4.78, 5) is 4.86. The van der Waals surface area contributed by atoms with Crippen LogP contribution in [0, 0.1) is 11.3 Å². The Balaban J connectivity index is 1.99. The first-order valence-electron chi connectivity index (χ1n) is 9.00. The normalized spacial score (nSPS) is 10.3. The monoisotopic (exact) mass is 362 g/mol. The number of nitrogens with zero attached hydrogens (tertiary/aromatic N) is 2. The molecular formula is C25H18N2O. The van der Waals surface area contributed by atoms with Crippen molar-refractivity contribution in [2.24, 2.45) is 0 Å². The SMILES string of the molecule is COc1ccc(-c2cc(-c3ccccc3)nc(-c3ccccc3)c2C#N)cc1. The van der Waals surface area contributed by atoms with Gasteiger partial charge < -0.3 is 4.74 Å². The van der Waals surface area contributed by atoms with E-state index in [4.69, 9.17) is 9.72 Å². The first-order chi connectivity index (χ1) is 13.8. The van der Waals surface area contributed by atoms with Crippen LogP contribution >= 0.6 is 0 Å². The number of aromatic nitrogens is 1. The zero-order valence-corrected chi connectivity index (χ0v) is 15.5. The summed E-state index contributed by atoms with van der Waals surface area (Å²) in [6.45, 7) is 0. The van der Waals surface area contributed by atoms with Crippen molar-refractivity contribution in [2.45, 2.75) is 0 Å². The Kier molecular flexibility index (Phi) is 4.86. The molecule has 0 bridgehead atoms. The molecule has 1 heterocycles. The molecule has 0 saturated carbocycles. The summed E-state index contributed by atoms with van der Waals surface area (Å²) < 4.78 is 5.27. The van der Waals surface area contributed by atoms with Crippen LogP contribution in [0.5, 0.6) is 5.75 Å². The number of rotatable bonds is 4. The fourth-order valence-corrected chi connectivity index (χ4v) is 3.22. The summed E-state index contributed by atoms with van der Waals surface area (Å²) in [5.74, 6) is 0.780. The quantitative estimate of drug-likeness (QED) is 0.450. The van der Waals surface area contributed by atoms with Gasteiger partial charge in [-0.1, -0.05) is 72.8 Å². The molecule has 0 aliphatic rings. The first-order valence-corrected chi connectivity index (χ1v) is 9.00. The Bertz CT molecular complexity index is 1130. The van der Waals surface area contributed by atoms with Crippen LogP contribution < -0.4 is 4.74 Å². The van der Waals surface area contributed by atoms with Crippen LogP contribution in [-0.2, 0) is 0 Å². The predicted molar refractivity (Wildman–Crippen MR) is 112 cm³/mol. The average Bonchev–Trinajstić information content (AvgIpc) is 2.79. The molecule has 0 unspecified atom stereocenters. The average molecular weight is 362 g/mol. The second-order valence-corrected chi connectivity index (χ2v) is 6.35. The highest BCUT2D eigenvalue weighted by Gasteiger charge is 2.16. The number of hydrogen-bond acceptors (Lipinski definition) is 3.